The van der Waals surface area contributed by atoms with Gasteiger partial charge in [0.2, 0.25) is 5.88 Å². The van der Waals surface area contributed by atoms with Crippen LogP contribution in [0.2, 0.25) is 0 Å². The molecule has 0 spiro atoms. The Morgan fingerprint density at radius 3 is 2.71 bits per heavy atom. The van der Waals surface area contributed by atoms with Crippen molar-refractivity contribution in [2.75, 3.05) is 12.8 Å². The highest BCUT2D eigenvalue weighted by Gasteiger charge is 2.22. The standard InChI is InChI=1S/C10H7BrF2N2O2/c1-16-6-2-5(12)7(9(13)8(6)11)4-3-15-17-10(4)14/h2-3H,14H2,1H3. The van der Waals surface area contributed by atoms with Crippen LogP contribution in [0.1, 0.15) is 0 Å². The molecule has 90 valence electrons. The van der Waals surface area contributed by atoms with Gasteiger partial charge in [0, 0.05) is 6.07 Å². The summed E-state index contributed by atoms with van der Waals surface area (Å²) in [4.78, 5) is 0. The van der Waals surface area contributed by atoms with Crippen LogP contribution in [0.5, 0.6) is 5.75 Å². The van der Waals surface area contributed by atoms with Gasteiger partial charge in [-0.2, -0.15) is 0 Å². The summed E-state index contributed by atoms with van der Waals surface area (Å²) < 4.78 is 37.1. The number of nitrogen functional groups attached to an aromatic ring is 1. The van der Waals surface area contributed by atoms with Crippen LogP contribution in [0.3, 0.4) is 0 Å². The van der Waals surface area contributed by atoms with Crippen LogP contribution in [0.15, 0.2) is 21.3 Å². The first kappa shape index (κ1) is 11.8. The number of hydrogen-bond acceptors (Lipinski definition) is 4. The number of halogens is 3. The van der Waals surface area contributed by atoms with Gasteiger partial charge in [-0.3, -0.25) is 0 Å². The highest BCUT2D eigenvalue weighted by Crippen LogP contribution is 2.38. The summed E-state index contributed by atoms with van der Waals surface area (Å²) in [6.45, 7) is 0. The summed E-state index contributed by atoms with van der Waals surface area (Å²) in [5, 5.41) is 3.37. The minimum absolute atomic E-state index is 0.0111. The lowest BCUT2D eigenvalue weighted by molar-refractivity contribution is 0.403. The van der Waals surface area contributed by atoms with Gasteiger partial charge in [0.05, 0.1) is 28.9 Å². The zero-order valence-electron chi connectivity index (χ0n) is 8.63. The Balaban J connectivity index is 2.72. The molecule has 2 aromatic rings. The predicted octanol–water partition coefficient (Wildman–Crippen LogP) is 2.97. The van der Waals surface area contributed by atoms with E-state index in [0.717, 1.165) is 12.3 Å². The number of hydrogen-bond donors (Lipinski definition) is 1. The summed E-state index contributed by atoms with van der Waals surface area (Å²) in [5.41, 5.74) is 5.17. The molecule has 0 atom stereocenters. The summed E-state index contributed by atoms with van der Waals surface area (Å²) >= 11 is 2.98. The number of nitrogens with zero attached hydrogens (tertiary/aromatic N) is 1. The second kappa shape index (κ2) is 4.33. The van der Waals surface area contributed by atoms with Crippen molar-refractivity contribution >= 4 is 21.8 Å². The molecule has 0 aliphatic rings. The Hall–Kier alpha value is -1.63. The first-order valence-corrected chi connectivity index (χ1v) is 5.27. The number of anilines is 1. The van der Waals surface area contributed by atoms with E-state index in [1.165, 1.54) is 7.11 Å². The van der Waals surface area contributed by atoms with Crippen molar-refractivity contribution in [1.29, 1.82) is 0 Å². The van der Waals surface area contributed by atoms with E-state index >= 15 is 0 Å². The van der Waals surface area contributed by atoms with E-state index in [1.54, 1.807) is 0 Å². The number of nitrogens with two attached hydrogens (primary N) is 1. The molecule has 0 saturated heterocycles. The molecule has 1 aromatic heterocycles. The summed E-state index contributed by atoms with van der Waals surface area (Å²) in [6, 6.07) is 1.05. The van der Waals surface area contributed by atoms with E-state index in [0.29, 0.717) is 0 Å². The van der Waals surface area contributed by atoms with Crippen molar-refractivity contribution in [3.8, 4) is 16.9 Å². The molecular weight excluding hydrogens is 298 g/mol. The van der Waals surface area contributed by atoms with Crippen molar-refractivity contribution in [3.05, 3.63) is 28.4 Å². The molecule has 0 radical (unpaired) electrons. The van der Waals surface area contributed by atoms with Crippen LogP contribution < -0.4 is 10.5 Å². The first-order chi connectivity index (χ1) is 8.06. The maximum Gasteiger partial charge on any atom is 0.230 e. The Morgan fingerprint density at radius 2 is 2.18 bits per heavy atom. The van der Waals surface area contributed by atoms with Gasteiger partial charge in [-0.15, -0.1) is 0 Å². The lowest BCUT2D eigenvalue weighted by atomic mass is 10.1. The third-order valence-electron chi connectivity index (χ3n) is 2.21. The fraction of sp³-hybridized carbons (Fsp3) is 0.100. The van der Waals surface area contributed by atoms with Gasteiger partial charge in [-0.1, -0.05) is 5.16 Å². The van der Waals surface area contributed by atoms with E-state index < -0.39 is 11.6 Å². The quantitative estimate of drug-likeness (QED) is 0.867. The molecular formula is C10H7BrF2N2O2. The number of methoxy groups -OCH3 is 1. The largest absolute Gasteiger partial charge is 0.495 e. The summed E-state index contributed by atoms with van der Waals surface area (Å²) in [6.07, 6.45) is 1.15. The predicted molar refractivity (Wildman–Crippen MR) is 60.5 cm³/mol. The third-order valence-corrected chi connectivity index (χ3v) is 2.95. The lowest BCUT2D eigenvalue weighted by Gasteiger charge is -2.09. The van der Waals surface area contributed by atoms with Crippen LogP contribution in [-0.4, -0.2) is 12.3 Å². The van der Waals surface area contributed by atoms with Gasteiger partial charge in [0.1, 0.15) is 11.6 Å². The normalized spacial score (nSPS) is 10.6. The molecule has 17 heavy (non-hydrogen) atoms. The molecule has 0 bridgehead atoms. The SMILES string of the molecule is COc1cc(F)c(-c2cnoc2N)c(F)c1Br. The zero-order chi connectivity index (χ0) is 12.6. The van der Waals surface area contributed by atoms with Crippen LogP contribution in [0.4, 0.5) is 14.7 Å². The van der Waals surface area contributed by atoms with E-state index in [4.69, 9.17) is 10.5 Å². The molecule has 0 unspecified atom stereocenters. The zero-order valence-corrected chi connectivity index (χ0v) is 10.2. The molecule has 2 rings (SSSR count). The molecule has 0 amide bonds. The number of aromatic nitrogens is 1. The molecule has 2 N–H and O–H groups in total. The molecule has 0 aliphatic carbocycles. The summed E-state index contributed by atoms with van der Waals surface area (Å²) in [7, 11) is 1.31. The number of ether oxygens (including phenoxy) is 1. The van der Waals surface area contributed by atoms with Crippen molar-refractivity contribution in [2.24, 2.45) is 0 Å². The highest BCUT2D eigenvalue weighted by molar-refractivity contribution is 9.10. The van der Waals surface area contributed by atoms with E-state index in [9.17, 15) is 8.78 Å². The van der Waals surface area contributed by atoms with Gasteiger partial charge in [0.25, 0.3) is 0 Å². The lowest BCUT2D eigenvalue weighted by Crippen LogP contribution is -1.96. The van der Waals surface area contributed by atoms with Crippen LogP contribution in [0, 0.1) is 11.6 Å². The van der Waals surface area contributed by atoms with Crippen LogP contribution >= 0.6 is 15.9 Å². The second-order valence-electron chi connectivity index (χ2n) is 3.17. The minimum Gasteiger partial charge on any atom is -0.495 e. The Labute approximate surface area is 103 Å². The minimum atomic E-state index is -0.822. The van der Waals surface area contributed by atoms with E-state index in [1.807, 2.05) is 0 Å². The average molecular weight is 305 g/mol. The Morgan fingerprint density at radius 1 is 1.47 bits per heavy atom. The molecule has 7 heteroatoms. The van der Waals surface area contributed by atoms with Gasteiger partial charge in [0.15, 0.2) is 5.82 Å². The summed E-state index contributed by atoms with van der Waals surface area (Å²) in [5.74, 6) is -1.73. The van der Waals surface area contributed by atoms with Gasteiger partial charge < -0.3 is 15.0 Å². The monoisotopic (exact) mass is 304 g/mol. The van der Waals surface area contributed by atoms with Gasteiger partial charge in [-0.05, 0) is 15.9 Å². The topological polar surface area (TPSA) is 61.3 Å². The molecule has 4 nitrogen and oxygen atoms in total. The Bertz CT molecular complexity index is 572. The van der Waals surface area contributed by atoms with Crippen molar-refractivity contribution in [2.45, 2.75) is 0 Å². The van der Waals surface area contributed by atoms with E-state index in [2.05, 4.69) is 25.6 Å². The molecule has 1 aromatic carbocycles. The molecule has 0 saturated carbocycles. The average Bonchev–Trinajstić information content (AvgIpc) is 2.70. The van der Waals surface area contributed by atoms with Crippen molar-refractivity contribution in [3.63, 3.8) is 0 Å². The first-order valence-electron chi connectivity index (χ1n) is 4.48. The third kappa shape index (κ3) is 1.86. The van der Waals surface area contributed by atoms with Gasteiger partial charge in [-0.25, -0.2) is 8.78 Å². The second-order valence-corrected chi connectivity index (χ2v) is 3.96. The molecule has 1 heterocycles. The van der Waals surface area contributed by atoms with Crippen LogP contribution in [0.25, 0.3) is 11.1 Å². The smallest absolute Gasteiger partial charge is 0.230 e. The molecule has 0 fully saturated rings. The fourth-order valence-electron chi connectivity index (χ4n) is 1.41. The van der Waals surface area contributed by atoms with Crippen molar-refractivity contribution in [1.82, 2.24) is 5.16 Å². The number of benzene rings is 1. The number of rotatable bonds is 2. The Kier molecular flexibility index (Phi) is 3.01. The van der Waals surface area contributed by atoms with Gasteiger partial charge >= 0.3 is 0 Å². The maximum absolute atomic E-state index is 14.0. The van der Waals surface area contributed by atoms with Crippen molar-refractivity contribution < 1.29 is 18.0 Å². The van der Waals surface area contributed by atoms with E-state index in [-0.39, 0.29) is 27.2 Å². The fourth-order valence-corrected chi connectivity index (χ4v) is 1.88. The molecule has 0 aliphatic heterocycles. The van der Waals surface area contributed by atoms with Crippen LogP contribution in [-0.2, 0) is 0 Å². The maximum atomic E-state index is 14.0. The highest BCUT2D eigenvalue weighted by atomic mass is 79.9.